The predicted molar refractivity (Wildman–Crippen MR) is 98.4 cm³/mol. The zero-order valence-corrected chi connectivity index (χ0v) is 15.1. The number of amides is 3. The molecule has 1 atom stereocenters. The highest BCUT2D eigenvalue weighted by Gasteiger charge is 2.25. The van der Waals surface area contributed by atoms with Gasteiger partial charge in [0.25, 0.3) is 0 Å². The Balaban J connectivity index is 1.51. The molecule has 0 spiro atoms. The second-order valence-electron chi connectivity index (χ2n) is 7.29. The van der Waals surface area contributed by atoms with Gasteiger partial charge in [-0.3, -0.25) is 9.69 Å². The van der Waals surface area contributed by atoms with Crippen LogP contribution in [0.2, 0.25) is 0 Å². The van der Waals surface area contributed by atoms with Crippen LogP contribution in [0.1, 0.15) is 38.7 Å². The number of anilines is 1. The van der Waals surface area contributed by atoms with Crippen molar-refractivity contribution in [3.63, 3.8) is 0 Å². The van der Waals surface area contributed by atoms with Crippen molar-refractivity contribution in [2.75, 3.05) is 25.0 Å². The highest BCUT2D eigenvalue weighted by atomic mass is 16.2. The van der Waals surface area contributed by atoms with Gasteiger partial charge in [-0.2, -0.15) is 0 Å². The van der Waals surface area contributed by atoms with Crippen molar-refractivity contribution in [2.24, 2.45) is 0 Å². The molecular weight excluding hydrogens is 316 g/mol. The van der Waals surface area contributed by atoms with E-state index in [2.05, 4.69) is 29.4 Å². The molecule has 0 radical (unpaired) electrons. The molecule has 6 nitrogen and oxygen atoms in total. The number of carbonyl (C=O) groups is 2. The van der Waals surface area contributed by atoms with Crippen LogP contribution in [-0.2, 0) is 11.3 Å². The first-order valence-electron chi connectivity index (χ1n) is 9.19. The van der Waals surface area contributed by atoms with Gasteiger partial charge in [0.05, 0.1) is 0 Å². The summed E-state index contributed by atoms with van der Waals surface area (Å²) in [5.41, 5.74) is 1.81. The van der Waals surface area contributed by atoms with Crippen molar-refractivity contribution in [3.8, 4) is 0 Å². The van der Waals surface area contributed by atoms with E-state index < -0.39 is 0 Å². The molecular formula is C19H28N4O2. The van der Waals surface area contributed by atoms with Gasteiger partial charge in [0, 0.05) is 50.4 Å². The van der Waals surface area contributed by atoms with Crippen molar-refractivity contribution in [1.29, 1.82) is 0 Å². The van der Waals surface area contributed by atoms with Crippen molar-refractivity contribution in [2.45, 2.75) is 51.7 Å². The highest BCUT2D eigenvalue weighted by Crippen LogP contribution is 2.17. The fourth-order valence-electron chi connectivity index (χ4n) is 3.57. The molecule has 0 aliphatic carbocycles. The first kappa shape index (κ1) is 17.7. The van der Waals surface area contributed by atoms with Crippen LogP contribution in [0, 0.1) is 0 Å². The highest BCUT2D eigenvalue weighted by molar-refractivity contribution is 5.89. The van der Waals surface area contributed by atoms with Crippen molar-refractivity contribution >= 4 is 17.6 Å². The Morgan fingerprint density at radius 2 is 2.16 bits per heavy atom. The average Bonchev–Trinajstić information content (AvgIpc) is 3.17. The molecule has 6 heteroatoms. The van der Waals surface area contributed by atoms with E-state index >= 15 is 0 Å². The molecule has 1 unspecified atom stereocenters. The van der Waals surface area contributed by atoms with Crippen molar-refractivity contribution < 1.29 is 9.59 Å². The summed E-state index contributed by atoms with van der Waals surface area (Å²) in [6.07, 6.45) is 2.58. The minimum Gasteiger partial charge on any atom is -0.338 e. The molecule has 2 aliphatic heterocycles. The van der Waals surface area contributed by atoms with Crippen LogP contribution in [0.25, 0.3) is 0 Å². The Labute approximate surface area is 149 Å². The maximum absolute atomic E-state index is 12.2. The third-order valence-electron chi connectivity index (χ3n) is 5.01. The monoisotopic (exact) mass is 344 g/mol. The van der Waals surface area contributed by atoms with E-state index in [-0.39, 0.29) is 18.0 Å². The van der Waals surface area contributed by atoms with Gasteiger partial charge >= 0.3 is 6.03 Å². The molecule has 2 saturated heterocycles. The molecule has 2 N–H and O–H groups in total. The van der Waals surface area contributed by atoms with Crippen LogP contribution in [-0.4, -0.2) is 53.5 Å². The number of benzene rings is 1. The lowest BCUT2D eigenvalue weighted by atomic mass is 10.2. The van der Waals surface area contributed by atoms with Gasteiger partial charge in [0.15, 0.2) is 0 Å². The minimum atomic E-state index is -0.162. The maximum Gasteiger partial charge on any atom is 0.319 e. The predicted octanol–water partition coefficient (Wildman–Crippen LogP) is 2.41. The Kier molecular flexibility index (Phi) is 5.58. The zero-order chi connectivity index (χ0) is 17.8. The van der Waals surface area contributed by atoms with E-state index in [1.165, 1.54) is 0 Å². The van der Waals surface area contributed by atoms with Gasteiger partial charge in [-0.05, 0) is 44.4 Å². The van der Waals surface area contributed by atoms with Gasteiger partial charge in [-0.1, -0.05) is 12.1 Å². The molecule has 0 saturated carbocycles. The SMILES string of the molecule is CC(C)N1CCC(NC(=O)Nc2cccc(CN3CCCC3=O)c2)C1. The molecule has 2 heterocycles. The lowest BCUT2D eigenvalue weighted by molar-refractivity contribution is -0.128. The van der Waals surface area contributed by atoms with E-state index in [4.69, 9.17) is 0 Å². The van der Waals surface area contributed by atoms with Gasteiger partial charge in [0.2, 0.25) is 5.91 Å². The van der Waals surface area contributed by atoms with E-state index in [1.807, 2.05) is 29.2 Å². The van der Waals surface area contributed by atoms with Crippen LogP contribution >= 0.6 is 0 Å². The summed E-state index contributed by atoms with van der Waals surface area (Å²) < 4.78 is 0. The van der Waals surface area contributed by atoms with Crippen LogP contribution in [0.4, 0.5) is 10.5 Å². The first-order chi connectivity index (χ1) is 12.0. The summed E-state index contributed by atoms with van der Waals surface area (Å²) in [4.78, 5) is 28.2. The maximum atomic E-state index is 12.2. The fourth-order valence-corrected chi connectivity index (χ4v) is 3.57. The third-order valence-corrected chi connectivity index (χ3v) is 5.01. The van der Waals surface area contributed by atoms with Crippen LogP contribution in [0.5, 0.6) is 0 Å². The van der Waals surface area contributed by atoms with E-state index in [9.17, 15) is 9.59 Å². The number of nitrogens with one attached hydrogen (secondary N) is 2. The summed E-state index contributed by atoms with van der Waals surface area (Å²) >= 11 is 0. The van der Waals surface area contributed by atoms with E-state index in [1.54, 1.807) is 0 Å². The number of urea groups is 1. The van der Waals surface area contributed by atoms with Crippen LogP contribution in [0.15, 0.2) is 24.3 Å². The number of likely N-dealkylation sites (tertiary alicyclic amines) is 2. The second kappa shape index (κ2) is 7.87. The Morgan fingerprint density at radius 1 is 1.32 bits per heavy atom. The number of carbonyl (C=O) groups excluding carboxylic acids is 2. The molecule has 2 fully saturated rings. The lowest BCUT2D eigenvalue weighted by Gasteiger charge is -2.20. The number of nitrogens with zero attached hydrogens (tertiary/aromatic N) is 2. The van der Waals surface area contributed by atoms with Crippen LogP contribution in [0.3, 0.4) is 0 Å². The topological polar surface area (TPSA) is 64.7 Å². The summed E-state index contributed by atoms with van der Waals surface area (Å²) in [5, 5.41) is 5.97. The number of hydrogen-bond donors (Lipinski definition) is 2. The second-order valence-corrected chi connectivity index (χ2v) is 7.29. The summed E-state index contributed by atoms with van der Waals surface area (Å²) in [6.45, 7) is 7.73. The average molecular weight is 344 g/mol. The summed E-state index contributed by atoms with van der Waals surface area (Å²) in [6, 6.07) is 8.29. The van der Waals surface area contributed by atoms with Gasteiger partial charge in [-0.15, -0.1) is 0 Å². The van der Waals surface area contributed by atoms with E-state index in [0.717, 1.165) is 43.7 Å². The van der Waals surface area contributed by atoms with Gasteiger partial charge < -0.3 is 15.5 Å². The normalized spacial score (nSPS) is 21.2. The molecule has 1 aromatic carbocycles. The third kappa shape index (κ3) is 4.72. The van der Waals surface area contributed by atoms with E-state index in [0.29, 0.717) is 19.0 Å². The molecule has 136 valence electrons. The summed E-state index contributed by atoms with van der Waals surface area (Å²) in [5.74, 6) is 0.215. The molecule has 0 aromatic heterocycles. The number of hydrogen-bond acceptors (Lipinski definition) is 3. The zero-order valence-electron chi connectivity index (χ0n) is 15.1. The number of rotatable bonds is 5. The Bertz CT molecular complexity index is 632. The smallest absolute Gasteiger partial charge is 0.319 e. The largest absolute Gasteiger partial charge is 0.338 e. The van der Waals surface area contributed by atoms with Gasteiger partial charge in [-0.25, -0.2) is 4.79 Å². The Hall–Kier alpha value is -2.08. The molecule has 2 aliphatic rings. The fraction of sp³-hybridized carbons (Fsp3) is 0.579. The molecule has 1 aromatic rings. The Morgan fingerprint density at radius 3 is 2.84 bits per heavy atom. The lowest BCUT2D eigenvalue weighted by Crippen LogP contribution is -2.40. The van der Waals surface area contributed by atoms with Crippen LogP contribution < -0.4 is 10.6 Å². The molecule has 3 amide bonds. The summed E-state index contributed by atoms with van der Waals surface area (Å²) in [7, 11) is 0. The standard InChI is InChI=1S/C19H28N4O2/c1-14(2)22-10-8-17(13-22)21-19(25)20-16-6-3-5-15(11-16)12-23-9-4-7-18(23)24/h3,5-6,11,14,17H,4,7-10,12-13H2,1-2H3,(H2,20,21,25). The molecule has 25 heavy (non-hydrogen) atoms. The quantitative estimate of drug-likeness (QED) is 0.862. The molecule has 3 rings (SSSR count). The van der Waals surface area contributed by atoms with Gasteiger partial charge in [0.1, 0.15) is 0 Å². The first-order valence-corrected chi connectivity index (χ1v) is 9.19. The van der Waals surface area contributed by atoms with Crippen molar-refractivity contribution in [3.05, 3.63) is 29.8 Å². The van der Waals surface area contributed by atoms with Crippen molar-refractivity contribution in [1.82, 2.24) is 15.1 Å². The molecule has 0 bridgehead atoms. The minimum absolute atomic E-state index is 0.162.